The van der Waals surface area contributed by atoms with E-state index >= 15 is 0 Å². The second-order valence-electron chi connectivity index (χ2n) is 4.66. The summed E-state index contributed by atoms with van der Waals surface area (Å²) in [7, 11) is 0. The van der Waals surface area contributed by atoms with Gasteiger partial charge in [-0.3, -0.25) is 4.90 Å². The Bertz CT molecular complexity index is 202. The molecule has 1 saturated heterocycles. The van der Waals surface area contributed by atoms with Crippen molar-refractivity contribution in [1.29, 1.82) is 0 Å². The lowest BCUT2D eigenvalue weighted by Crippen LogP contribution is -2.58. The topological polar surface area (TPSA) is 15.3 Å². The summed E-state index contributed by atoms with van der Waals surface area (Å²) in [4.78, 5) is 2.72. The van der Waals surface area contributed by atoms with Crippen LogP contribution in [0.3, 0.4) is 0 Å². The number of hydrogen-bond acceptors (Lipinski definition) is 2. The molecule has 2 heteroatoms. The van der Waals surface area contributed by atoms with Crippen LogP contribution in [-0.4, -0.2) is 36.1 Å². The van der Waals surface area contributed by atoms with Gasteiger partial charge in [0, 0.05) is 31.2 Å². The smallest absolute Gasteiger partial charge is 0.0221 e. The maximum Gasteiger partial charge on any atom is 0.0221 e. The Morgan fingerprint density at radius 1 is 1.36 bits per heavy atom. The molecule has 0 aromatic heterocycles. The van der Waals surface area contributed by atoms with Crippen LogP contribution in [0.5, 0.6) is 0 Å². The van der Waals surface area contributed by atoms with E-state index in [4.69, 9.17) is 0 Å². The third-order valence-electron chi connectivity index (χ3n) is 3.58. The molecule has 0 spiro atoms. The monoisotopic (exact) mass is 194 g/mol. The average molecular weight is 194 g/mol. The van der Waals surface area contributed by atoms with Gasteiger partial charge in [-0.2, -0.15) is 0 Å². The van der Waals surface area contributed by atoms with Crippen LogP contribution in [0.1, 0.15) is 33.1 Å². The van der Waals surface area contributed by atoms with Crippen molar-refractivity contribution in [2.24, 2.45) is 0 Å². The lowest BCUT2D eigenvalue weighted by Gasteiger charge is -2.42. The summed E-state index contributed by atoms with van der Waals surface area (Å²) >= 11 is 0. The molecule has 1 N–H and O–H groups in total. The average Bonchev–Trinajstić information content (AvgIpc) is 2.70. The molecule has 0 aromatic rings. The van der Waals surface area contributed by atoms with Crippen molar-refractivity contribution in [3.8, 4) is 0 Å². The van der Waals surface area contributed by atoms with Crippen LogP contribution in [0.2, 0.25) is 0 Å². The molecule has 14 heavy (non-hydrogen) atoms. The zero-order valence-electron chi connectivity index (χ0n) is 9.37. The van der Waals surface area contributed by atoms with E-state index in [0.29, 0.717) is 6.04 Å². The van der Waals surface area contributed by atoms with Crippen molar-refractivity contribution in [3.05, 3.63) is 12.2 Å². The second-order valence-corrected chi connectivity index (χ2v) is 4.66. The SMILES string of the molecule is CCC1CNC(C)CN1C1CC=CC1. The van der Waals surface area contributed by atoms with E-state index < -0.39 is 0 Å². The molecule has 1 heterocycles. The molecule has 0 radical (unpaired) electrons. The van der Waals surface area contributed by atoms with Crippen LogP contribution < -0.4 is 5.32 Å². The van der Waals surface area contributed by atoms with Crippen LogP contribution >= 0.6 is 0 Å². The Kier molecular flexibility index (Phi) is 3.24. The molecule has 2 unspecified atom stereocenters. The molecule has 2 nitrogen and oxygen atoms in total. The zero-order chi connectivity index (χ0) is 9.97. The fourth-order valence-electron chi connectivity index (χ4n) is 2.68. The van der Waals surface area contributed by atoms with Gasteiger partial charge in [-0.05, 0) is 26.2 Å². The van der Waals surface area contributed by atoms with Gasteiger partial charge < -0.3 is 5.32 Å². The minimum absolute atomic E-state index is 0.665. The maximum atomic E-state index is 3.57. The van der Waals surface area contributed by atoms with E-state index in [1.54, 1.807) is 0 Å². The van der Waals surface area contributed by atoms with Crippen LogP contribution in [-0.2, 0) is 0 Å². The Labute approximate surface area is 87.4 Å². The van der Waals surface area contributed by atoms with Crippen molar-refractivity contribution in [1.82, 2.24) is 10.2 Å². The highest BCUT2D eigenvalue weighted by atomic mass is 15.3. The minimum Gasteiger partial charge on any atom is -0.311 e. The standard InChI is InChI=1S/C12H22N2/c1-3-11-8-13-10(2)9-14(11)12-6-4-5-7-12/h4-5,10-13H,3,6-9H2,1-2H3. The molecule has 0 bridgehead atoms. The molecule has 80 valence electrons. The van der Waals surface area contributed by atoms with Crippen LogP contribution in [0, 0.1) is 0 Å². The highest BCUT2D eigenvalue weighted by Crippen LogP contribution is 2.22. The third kappa shape index (κ3) is 2.01. The van der Waals surface area contributed by atoms with E-state index in [9.17, 15) is 0 Å². The summed E-state index contributed by atoms with van der Waals surface area (Å²) in [5.41, 5.74) is 0. The molecule has 1 fully saturated rings. The number of piperazine rings is 1. The zero-order valence-corrected chi connectivity index (χ0v) is 9.37. The van der Waals surface area contributed by atoms with E-state index in [-0.39, 0.29) is 0 Å². The molecule has 1 aliphatic carbocycles. The lowest BCUT2D eigenvalue weighted by molar-refractivity contribution is 0.0879. The van der Waals surface area contributed by atoms with Gasteiger partial charge in [-0.15, -0.1) is 0 Å². The summed E-state index contributed by atoms with van der Waals surface area (Å²) in [6.07, 6.45) is 8.48. The number of nitrogens with one attached hydrogen (secondary N) is 1. The van der Waals surface area contributed by atoms with Crippen molar-refractivity contribution in [3.63, 3.8) is 0 Å². The highest BCUT2D eigenvalue weighted by Gasteiger charge is 2.30. The van der Waals surface area contributed by atoms with Crippen LogP contribution in [0.15, 0.2) is 12.2 Å². The first-order chi connectivity index (χ1) is 6.81. The Hall–Kier alpha value is -0.340. The first-order valence-electron chi connectivity index (χ1n) is 5.95. The largest absolute Gasteiger partial charge is 0.311 e. The van der Waals surface area contributed by atoms with Crippen molar-refractivity contribution < 1.29 is 0 Å². The van der Waals surface area contributed by atoms with Gasteiger partial charge >= 0.3 is 0 Å². The van der Waals surface area contributed by atoms with E-state index in [0.717, 1.165) is 12.1 Å². The summed E-state index contributed by atoms with van der Waals surface area (Å²) in [5, 5.41) is 3.57. The molecule has 1 aliphatic heterocycles. The molecule has 0 amide bonds. The predicted octanol–water partition coefficient (Wildman–Crippen LogP) is 1.78. The van der Waals surface area contributed by atoms with Crippen LogP contribution in [0.4, 0.5) is 0 Å². The first kappa shape index (κ1) is 10.2. The highest BCUT2D eigenvalue weighted by molar-refractivity contribution is 5.01. The van der Waals surface area contributed by atoms with Crippen molar-refractivity contribution >= 4 is 0 Å². The van der Waals surface area contributed by atoms with E-state index in [1.807, 2.05) is 0 Å². The van der Waals surface area contributed by atoms with Gasteiger partial charge in [-0.1, -0.05) is 19.1 Å². The Morgan fingerprint density at radius 2 is 2.07 bits per heavy atom. The van der Waals surface area contributed by atoms with Gasteiger partial charge in [0.25, 0.3) is 0 Å². The molecular formula is C12H22N2. The summed E-state index contributed by atoms with van der Waals surface area (Å²) in [6.45, 7) is 7.00. The number of nitrogens with zero attached hydrogens (tertiary/aromatic N) is 1. The third-order valence-corrected chi connectivity index (χ3v) is 3.58. The van der Waals surface area contributed by atoms with Crippen molar-refractivity contribution in [2.45, 2.75) is 51.2 Å². The van der Waals surface area contributed by atoms with Gasteiger partial charge in [-0.25, -0.2) is 0 Å². The molecule has 2 aliphatic rings. The van der Waals surface area contributed by atoms with Gasteiger partial charge in [0.2, 0.25) is 0 Å². The molecule has 2 rings (SSSR count). The number of hydrogen-bond donors (Lipinski definition) is 1. The molecule has 2 atom stereocenters. The quantitative estimate of drug-likeness (QED) is 0.674. The predicted molar refractivity (Wildman–Crippen MR) is 60.4 cm³/mol. The fourth-order valence-corrected chi connectivity index (χ4v) is 2.68. The van der Waals surface area contributed by atoms with E-state index in [2.05, 4.69) is 36.2 Å². The van der Waals surface area contributed by atoms with Gasteiger partial charge in [0.1, 0.15) is 0 Å². The van der Waals surface area contributed by atoms with Gasteiger partial charge in [0.15, 0.2) is 0 Å². The maximum absolute atomic E-state index is 3.57. The van der Waals surface area contributed by atoms with E-state index in [1.165, 1.54) is 32.4 Å². The molecule has 0 saturated carbocycles. The summed E-state index contributed by atoms with van der Waals surface area (Å²) < 4.78 is 0. The Balaban J connectivity index is 1.97. The molecular weight excluding hydrogens is 172 g/mol. The van der Waals surface area contributed by atoms with Gasteiger partial charge in [0.05, 0.1) is 0 Å². The summed E-state index contributed by atoms with van der Waals surface area (Å²) in [6, 6.07) is 2.22. The minimum atomic E-state index is 0.665. The second kappa shape index (κ2) is 4.45. The van der Waals surface area contributed by atoms with Crippen molar-refractivity contribution in [2.75, 3.05) is 13.1 Å². The number of rotatable bonds is 2. The lowest BCUT2D eigenvalue weighted by atomic mass is 10.0. The molecule has 0 aromatic carbocycles. The normalized spacial score (nSPS) is 35.3. The Morgan fingerprint density at radius 3 is 2.71 bits per heavy atom. The fraction of sp³-hybridized carbons (Fsp3) is 0.833. The first-order valence-corrected chi connectivity index (χ1v) is 5.95. The summed E-state index contributed by atoms with van der Waals surface area (Å²) in [5.74, 6) is 0. The van der Waals surface area contributed by atoms with Crippen LogP contribution in [0.25, 0.3) is 0 Å².